The number of hydrogen-bond acceptors (Lipinski definition) is 7. The number of aromatic nitrogens is 7. The number of anilines is 2. The molecule has 9 heteroatoms. The smallest absolute Gasteiger partial charge is 0.254 e. The number of imidazole rings is 1. The molecule has 0 radical (unpaired) electrons. The minimum Gasteiger partial charge on any atom is -0.353 e. The zero-order valence-electron chi connectivity index (χ0n) is 14.7. The first-order valence-corrected chi connectivity index (χ1v) is 8.67. The van der Waals surface area contributed by atoms with Gasteiger partial charge in [-0.3, -0.25) is 0 Å². The standard InChI is InChI=1S/C17H19N9/c1-12-13(2)22-17-20-11-21-26(17)16(12)25-9-7-24(8-10-25)15-14-18-3-5-23(14)6-4-19-15/h3-6,11H,7-10H2,1-2H3. The Balaban J connectivity index is 1.45. The number of aryl methyl sites for hydroxylation is 1. The molecule has 0 bridgehead atoms. The molecule has 0 saturated carbocycles. The molecule has 0 N–H and O–H groups in total. The van der Waals surface area contributed by atoms with Gasteiger partial charge in [-0.25, -0.2) is 15.0 Å². The minimum absolute atomic E-state index is 0.648. The maximum absolute atomic E-state index is 4.56. The van der Waals surface area contributed by atoms with E-state index in [0.717, 1.165) is 54.7 Å². The third-order valence-electron chi connectivity index (χ3n) is 5.05. The summed E-state index contributed by atoms with van der Waals surface area (Å²) in [6, 6.07) is 0. The highest BCUT2D eigenvalue weighted by Crippen LogP contribution is 2.25. The predicted molar refractivity (Wildman–Crippen MR) is 97.7 cm³/mol. The molecular weight excluding hydrogens is 330 g/mol. The maximum atomic E-state index is 4.56. The fourth-order valence-corrected chi connectivity index (χ4v) is 3.58. The first kappa shape index (κ1) is 15.1. The largest absolute Gasteiger partial charge is 0.353 e. The van der Waals surface area contributed by atoms with Crippen LogP contribution in [-0.4, -0.2) is 60.1 Å². The third kappa shape index (κ3) is 2.20. The Hall–Kier alpha value is -3.23. The van der Waals surface area contributed by atoms with Crippen molar-refractivity contribution in [2.24, 2.45) is 0 Å². The Morgan fingerprint density at radius 2 is 1.62 bits per heavy atom. The van der Waals surface area contributed by atoms with Gasteiger partial charge in [0.05, 0.1) is 0 Å². The number of nitrogens with zero attached hydrogens (tertiary/aromatic N) is 9. The molecule has 1 aliphatic rings. The lowest BCUT2D eigenvalue weighted by Gasteiger charge is -2.37. The highest BCUT2D eigenvalue weighted by atomic mass is 15.4. The van der Waals surface area contributed by atoms with E-state index in [-0.39, 0.29) is 0 Å². The van der Waals surface area contributed by atoms with E-state index in [1.165, 1.54) is 0 Å². The second kappa shape index (κ2) is 5.65. The minimum atomic E-state index is 0.648. The van der Waals surface area contributed by atoms with Crippen LogP contribution in [-0.2, 0) is 0 Å². The lowest BCUT2D eigenvalue weighted by atomic mass is 10.2. The predicted octanol–water partition coefficient (Wildman–Crippen LogP) is 1.11. The van der Waals surface area contributed by atoms with Gasteiger partial charge >= 0.3 is 0 Å². The van der Waals surface area contributed by atoms with Crippen LogP contribution in [0.3, 0.4) is 0 Å². The van der Waals surface area contributed by atoms with Crippen LogP contribution in [0.1, 0.15) is 11.3 Å². The second-order valence-corrected chi connectivity index (χ2v) is 6.50. The van der Waals surface area contributed by atoms with Gasteiger partial charge in [0.25, 0.3) is 5.78 Å². The summed E-state index contributed by atoms with van der Waals surface area (Å²) in [5.41, 5.74) is 3.03. The van der Waals surface area contributed by atoms with E-state index in [1.54, 1.807) is 12.5 Å². The van der Waals surface area contributed by atoms with Crippen molar-refractivity contribution in [1.82, 2.24) is 34.0 Å². The molecule has 132 valence electrons. The van der Waals surface area contributed by atoms with Gasteiger partial charge in [-0.15, -0.1) is 0 Å². The molecular formula is C17H19N9. The molecule has 0 atom stereocenters. The summed E-state index contributed by atoms with van der Waals surface area (Å²) in [7, 11) is 0. The van der Waals surface area contributed by atoms with E-state index >= 15 is 0 Å². The van der Waals surface area contributed by atoms with Gasteiger partial charge in [0, 0.05) is 62.2 Å². The van der Waals surface area contributed by atoms with Crippen LogP contribution in [0.15, 0.2) is 31.1 Å². The van der Waals surface area contributed by atoms with E-state index < -0.39 is 0 Å². The highest BCUT2D eigenvalue weighted by molar-refractivity contribution is 5.65. The molecule has 26 heavy (non-hydrogen) atoms. The zero-order valence-corrected chi connectivity index (χ0v) is 14.7. The van der Waals surface area contributed by atoms with Gasteiger partial charge in [-0.05, 0) is 13.8 Å². The Labute approximate surface area is 149 Å². The van der Waals surface area contributed by atoms with Crippen LogP contribution >= 0.6 is 0 Å². The maximum Gasteiger partial charge on any atom is 0.254 e. The van der Waals surface area contributed by atoms with E-state index in [9.17, 15) is 0 Å². The van der Waals surface area contributed by atoms with Crippen molar-refractivity contribution in [3.8, 4) is 0 Å². The first-order valence-electron chi connectivity index (χ1n) is 8.67. The number of piperazine rings is 1. The summed E-state index contributed by atoms with van der Waals surface area (Å²) < 4.78 is 3.84. The average Bonchev–Trinajstić information content (AvgIpc) is 3.31. The summed E-state index contributed by atoms with van der Waals surface area (Å²) in [5.74, 6) is 2.66. The summed E-state index contributed by atoms with van der Waals surface area (Å²) in [5, 5.41) is 4.37. The number of hydrogen-bond donors (Lipinski definition) is 0. The van der Waals surface area contributed by atoms with Gasteiger partial charge in [0.1, 0.15) is 12.1 Å². The van der Waals surface area contributed by atoms with Crippen molar-refractivity contribution in [2.75, 3.05) is 36.0 Å². The molecule has 1 fully saturated rings. The topological polar surface area (TPSA) is 79.8 Å². The molecule has 0 amide bonds. The van der Waals surface area contributed by atoms with Gasteiger partial charge < -0.3 is 14.2 Å². The monoisotopic (exact) mass is 349 g/mol. The average molecular weight is 349 g/mol. The molecule has 4 aromatic rings. The normalized spacial score (nSPS) is 15.3. The summed E-state index contributed by atoms with van der Waals surface area (Å²) >= 11 is 0. The number of fused-ring (bicyclic) bond motifs is 2. The molecule has 0 unspecified atom stereocenters. The van der Waals surface area contributed by atoms with Crippen molar-refractivity contribution >= 4 is 23.1 Å². The lowest BCUT2D eigenvalue weighted by Crippen LogP contribution is -2.48. The Kier molecular flexibility index (Phi) is 3.27. The van der Waals surface area contributed by atoms with Crippen LogP contribution in [0.2, 0.25) is 0 Å². The van der Waals surface area contributed by atoms with Gasteiger partial charge in [-0.2, -0.15) is 14.6 Å². The van der Waals surface area contributed by atoms with Crippen LogP contribution in [0.25, 0.3) is 11.4 Å². The Morgan fingerprint density at radius 1 is 0.885 bits per heavy atom. The van der Waals surface area contributed by atoms with E-state index in [1.807, 2.05) is 34.4 Å². The van der Waals surface area contributed by atoms with Gasteiger partial charge in [0.15, 0.2) is 11.5 Å². The molecule has 0 spiro atoms. The molecule has 1 saturated heterocycles. The molecule has 5 rings (SSSR count). The molecule has 5 heterocycles. The molecule has 9 nitrogen and oxygen atoms in total. The zero-order chi connectivity index (χ0) is 17.7. The molecule has 0 aromatic carbocycles. The second-order valence-electron chi connectivity index (χ2n) is 6.50. The highest BCUT2D eigenvalue weighted by Gasteiger charge is 2.24. The Morgan fingerprint density at radius 3 is 2.42 bits per heavy atom. The summed E-state index contributed by atoms with van der Waals surface area (Å²) in [6.07, 6.45) is 9.06. The van der Waals surface area contributed by atoms with E-state index in [2.05, 4.69) is 41.8 Å². The quantitative estimate of drug-likeness (QED) is 0.536. The lowest BCUT2D eigenvalue weighted by molar-refractivity contribution is 0.631. The fourth-order valence-electron chi connectivity index (χ4n) is 3.58. The van der Waals surface area contributed by atoms with Crippen molar-refractivity contribution in [2.45, 2.75) is 13.8 Å². The van der Waals surface area contributed by atoms with E-state index in [0.29, 0.717) is 5.78 Å². The van der Waals surface area contributed by atoms with Crippen molar-refractivity contribution < 1.29 is 0 Å². The van der Waals surface area contributed by atoms with Crippen LogP contribution < -0.4 is 9.80 Å². The van der Waals surface area contributed by atoms with Crippen LogP contribution in [0, 0.1) is 13.8 Å². The third-order valence-corrected chi connectivity index (χ3v) is 5.05. The molecule has 4 aromatic heterocycles. The van der Waals surface area contributed by atoms with Crippen molar-refractivity contribution in [3.63, 3.8) is 0 Å². The van der Waals surface area contributed by atoms with Crippen molar-refractivity contribution in [1.29, 1.82) is 0 Å². The fraction of sp³-hybridized carbons (Fsp3) is 0.353. The molecule has 1 aliphatic heterocycles. The summed E-state index contributed by atoms with van der Waals surface area (Å²) in [6.45, 7) is 7.61. The summed E-state index contributed by atoms with van der Waals surface area (Å²) in [4.78, 5) is 22.4. The van der Waals surface area contributed by atoms with Gasteiger partial charge in [-0.1, -0.05) is 0 Å². The SMILES string of the molecule is Cc1nc2ncnn2c(N2CCN(c3nccn4ccnc34)CC2)c1C. The van der Waals surface area contributed by atoms with Gasteiger partial charge in [0.2, 0.25) is 0 Å². The number of rotatable bonds is 2. The van der Waals surface area contributed by atoms with E-state index in [4.69, 9.17) is 0 Å². The van der Waals surface area contributed by atoms with Crippen molar-refractivity contribution in [3.05, 3.63) is 42.4 Å². The molecule has 0 aliphatic carbocycles. The van der Waals surface area contributed by atoms with Crippen LogP contribution in [0.4, 0.5) is 11.6 Å². The first-order chi connectivity index (χ1) is 12.7. The Bertz CT molecular complexity index is 1090. The van der Waals surface area contributed by atoms with Crippen LogP contribution in [0.5, 0.6) is 0 Å².